The summed E-state index contributed by atoms with van der Waals surface area (Å²) in [6, 6.07) is -2.74. The van der Waals surface area contributed by atoms with E-state index in [9.17, 15) is 0 Å². The molecule has 0 aliphatic heterocycles. The lowest BCUT2D eigenvalue weighted by Crippen LogP contribution is -1.47. The van der Waals surface area contributed by atoms with Crippen LogP contribution in [0.3, 0.4) is 0 Å². The van der Waals surface area contributed by atoms with Gasteiger partial charge in [-0.25, -0.2) is 0 Å². The predicted molar refractivity (Wildman–Crippen MR) is 26.4 cm³/mol. The highest BCUT2D eigenvalue weighted by Gasteiger charge is 1.57. The highest BCUT2D eigenvalue weighted by atomic mass is 14.6. The van der Waals surface area contributed by atoms with Crippen molar-refractivity contribution in [1.82, 2.24) is 0 Å². The van der Waals surface area contributed by atoms with Crippen molar-refractivity contribution in [3.63, 3.8) is 0 Å². The standard InChI is InChI=1S/C6H6/c1-2-4-6-5-3-1/h1-6H/i1+1D,2+1D,3+1D,4+1D,5+1D,6+1D. The van der Waals surface area contributed by atoms with E-state index in [1.165, 1.54) is 0 Å². The number of rotatable bonds is 0. The summed E-state index contributed by atoms with van der Waals surface area (Å²) < 4.78 is 42.7. The van der Waals surface area contributed by atoms with Crippen molar-refractivity contribution < 1.29 is 8.22 Å². The molecule has 0 saturated carbocycles. The highest BCUT2D eigenvalue weighted by molar-refractivity contribution is 4.99. The molecule has 0 heteroatoms. The molecule has 1 rings (SSSR count). The van der Waals surface area contributed by atoms with E-state index in [-0.39, 0.29) is 0 Å². The van der Waals surface area contributed by atoms with E-state index in [4.69, 9.17) is 8.22 Å². The first-order valence-electron chi connectivity index (χ1n) is 4.50. The molecule has 0 fully saturated rings. The molecule has 0 radical (unpaired) electrons. The molecule has 0 heterocycles. The van der Waals surface area contributed by atoms with Gasteiger partial charge in [0.05, 0.1) is 8.22 Å². The lowest BCUT2D eigenvalue weighted by atomic mass is 11.4. The number of hydrogen-bond acceptors (Lipinski definition) is 0. The van der Waals surface area contributed by atoms with Crippen molar-refractivity contribution in [3.8, 4) is 0 Å². The van der Waals surface area contributed by atoms with Gasteiger partial charge in [-0.3, -0.25) is 0 Å². The van der Waals surface area contributed by atoms with E-state index >= 15 is 0 Å². The Morgan fingerprint density at radius 2 is 0.833 bits per heavy atom. The third-order valence-corrected chi connectivity index (χ3v) is 0.375. The van der Waals surface area contributed by atoms with Gasteiger partial charge in [0.1, 0.15) is 0 Å². The minimum Gasteiger partial charge on any atom is -0.0623 e. The van der Waals surface area contributed by atoms with E-state index in [1.54, 1.807) is 0 Å². The summed E-state index contributed by atoms with van der Waals surface area (Å²) in [6.07, 6.45) is 0. The molecule has 0 N–H and O–H groups in total. The largest absolute Gasteiger partial charge is 0.0623 e. The van der Waals surface area contributed by atoms with Crippen LogP contribution in [0.4, 0.5) is 0 Å². The Morgan fingerprint density at radius 3 is 1.00 bits per heavy atom. The maximum Gasteiger partial charge on any atom is 0.0623 e. The van der Waals surface area contributed by atoms with E-state index in [2.05, 4.69) is 0 Å². The predicted octanol–water partition coefficient (Wildman–Crippen LogP) is 1.69. The van der Waals surface area contributed by atoms with Gasteiger partial charge in [-0.1, -0.05) is 36.3 Å². The normalized spacial score (nSPS) is 22.0. The van der Waals surface area contributed by atoms with Gasteiger partial charge in [-0.15, -0.1) is 0 Å². The van der Waals surface area contributed by atoms with Crippen molar-refractivity contribution in [1.29, 1.82) is 0 Å². The van der Waals surface area contributed by atoms with E-state index < -0.39 is 36.3 Å². The summed E-state index contributed by atoms with van der Waals surface area (Å²) in [5.41, 5.74) is 0. The summed E-state index contributed by atoms with van der Waals surface area (Å²) in [5.74, 6) is 0. The molecule has 0 atom stereocenters. The van der Waals surface area contributed by atoms with Crippen LogP contribution >= 0.6 is 0 Å². The van der Waals surface area contributed by atoms with Crippen molar-refractivity contribution in [3.05, 3.63) is 36.3 Å². The van der Waals surface area contributed by atoms with Crippen LogP contribution in [-0.4, -0.2) is 0 Å². The average Bonchev–Trinajstić information content (AvgIpc) is 2.08. The van der Waals surface area contributed by atoms with Crippen molar-refractivity contribution in [2.45, 2.75) is 0 Å². The van der Waals surface area contributed by atoms with Gasteiger partial charge >= 0.3 is 0 Å². The minimum atomic E-state index is -0.457. The number of benzene rings is 1. The summed E-state index contributed by atoms with van der Waals surface area (Å²) in [7, 11) is 0. The SMILES string of the molecule is [2H][13c]1[13c]([2H])[13c]([2H])[13c]([2H])[13c]([2H])[13c]1[2H]. The van der Waals surface area contributed by atoms with Crippen LogP contribution in [0, 0.1) is 0 Å². The highest BCUT2D eigenvalue weighted by Crippen LogP contribution is 1.79. The topological polar surface area (TPSA) is 0 Å². The molecule has 0 amide bonds. The zero-order chi connectivity index (χ0) is 9.46. The Balaban J connectivity index is 3.60. The first kappa shape index (κ1) is 0.738. The molecule has 0 aliphatic rings. The van der Waals surface area contributed by atoms with Crippen molar-refractivity contribution in [2.24, 2.45) is 0 Å². The van der Waals surface area contributed by atoms with Gasteiger partial charge in [-0.2, -0.15) is 0 Å². The molecule has 0 nitrogen and oxygen atoms in total. The average molecular weight is 90.1 g/mol. The lowest BCUT2D eigenvalue weighted by molar-refractivity contribution is 1.72. The fourth-order valence-corrected chi connectivity index (χ4v) is 0.188. The van der Waals surface area contributed by atoms with Crippen LogP contribution in [0.15, 0.2) is 36.3 Å². The van der Waals surface area contributed by atoms with Gasteiger partial charge in [0, 0.05) is 0 Å². The van der Waals surface area contributed by atoms with Crippen LogP contribution < -0.4 is 0 Å². The third-order valence-electron chi connectivity index (χ3n) is 0.375. The molecule has 1 aromatic carbocycles. The maximum absolute atomic E-state index is 7.12. The Hall–Kier alpha value is -0.780. The van der Waals surface area contributed by atoms with Gasteiger partial charge in [0.25, 0.3) is 0 Å². The molecule has 0 aliphatic carbocycles. The molecule has 0 aromatic heterocycles. The Kier molecular flexibility index (Phi) is 0.198. The fraction of sp³-hybridized carbons (Fsp3) is 0. The van der Waals surface area contributed by atoms with Crippen LogP contribution in [0.2, 0.25) is 0 Å². The minimum absolute atomic E-state index is 0.457. The van der Waals surface area contributed by atoms with E-state index in [1.807, 2.05) is 0 Å². The first-order valence-corrected chi connectivity index (χ1v) is 1.50. The molecule has 0 spiro atoms. The van der Waals surface area contributed by atoms with Crippen molar-refractivity contribution in [2.75, 3.05) is 0 Å². The Labute approximate surface area is 45.9 Å². The van der Waals surface area contributed by atoms with Crippen LogP contribution in [0.5, 0.6) is 0 Å². The van der Waals surface area contributed by atoms with Gasteiger partial charge in [0.15, 0.2) is 0 Å². The fourth-order valence-electron chi connectivity index (χ4n) is 0.188. The first-order chi connectivity index (χ1) is 5.46. The molecule has 30 valence electrons. The number of hydrogen-bond donors (Lipinski definition) is 0. The maximum atomic E-state index is 7.12. The second kappa shape index (κ2) is 1.61. The Bertz CT molecular complexity index is 226. The van der Waals surface area contributed by atoms with Gasteiger partial charge < -0.3 is 0 Å². The monoisotopic (exact) mass is 90.1 g/mol. The van der Waals surface area contributed by atoms with Crippen LogP contribution in [-0.2, 0) is 0 Å². The molecule has 0 saturated heterocycles. The molecule has 0 bridgehead atoms. The van der Waals surface area contributed by atoms with E-state index in [0.29, 0.717) is 0 Å². The quantitative estimate of drug-likeness (QED) is 0.454. The molecular weight excluding hydrogens is 78.0 g/mol. The molecular formula is C6H6. The summed E-state index contributed by atoms with van der Waals surface area (Å²) in [6.45, 7) is 0. The van der Waals surface area contributed by atoms with Gasteiger partial charge in [0.2, 0.25) is 0 Å². The van der Waals surface area contributed by atoms with Crippen LogP contribution in [0.1, 0.15) is 8.22 Å². The summed E-state index contributed by atoms with van der Waals surface area (Å²) in [5, 5.41) is 0. The molecule has 0 unspecified atom stereocenters. The zero-order valence-corrected chi connectivity index (χ0v) is 3.00. The summed E-state index contributed by atoms with van der Waals surface area (Å²) >= 11 is 0. The zero-order valence-electron chi connectivity index (χ0n) is 9.00. The second-order valence-electron chi connectivity index (χ2n) is 0.750. The van der Waals surface area contributed by atoms with E-state index in [0.717, 1.165) is 0 Å². The summed E-state index contributed by atoms with van der Waals surface area (Å²) in [4.78, 5) is 0. The molecule has 1 aromatic rings. The van der Waals surface area contributed by atoms with Gasteiger partial charge in [-0.05, 0) is 0 Å². The second-order valence-corrected chi connectivity index (χ2v) is 0.750. The Morgan fingerprint density at radius 1 is 0.667 bits per heavy atom. The third kappa shape index (κ3) is 0.582. The lowest BCUT2D eigenvalue weighted by Gasteiger charge is -1.69. The van der Waals surface area contributed by atoms with Crippen molar-refractivity contribution >= 4 is 0 Å². The molecule has 6 heavy (non-hydrogen) atoms. The smallest absolute Gasteiger partial charge is 0.0623 e. The van der Waals surface area contributed by atoms with Crippen LogP contribution in [0.25, 0.3) is 0 Å².